The smallest absolute Gasteiger partial charge is 0.223 e. The molecule has 0 aromatic heterocycles. The predicted molar refractivity (Wildman–Crippen MR) is 78.8 cm³/mol. The van der Waals surface area contributed by atoms with Gasteiger partial charge in [-0.3, -0.25) is 4.84 Å². The standard InChI is InChI=1S/C15H22NO3S/c1-15(2,3)16(19-4)11-12-5-7-13(8-6-12)20(17,18)14-9-10-14/h5-8,11,14H,9-10H2,1-4H3/q+1/b16-11-. The summed E-state index contributed by atoms with van der Waals surface area (Å²) in [4.78, 5) is 5.74. The molecule has 20 heavy (non-hydrogen) atoms. The van der Waals surface area contributed by atoms with Crippen molar-refractivity contribution in [2.75, 3.05) is 7.11 Å². The molecule has 0 bridgehead atoms. The molecule has 1 aliphatic rings. The molecule has 1 aliphatic carbocycles. The lowest BCUT2D eigenvalue weighted by molar-refractivity contribution is -0.821. The lowest BCUT2D eigenvalue weighted by atomic mass is 10.1. The molecule has 0 aliphatic heterocycles. The average Bonchev–Trinajstić information content (AvgIpc) is 3.19. The molecule has 0 spiro atoms. The van der Waals surface area contributed by atoms with E-state index in [2.05, 4.69) is 0 Å². The molecule has 0 amide bonds. The topological polar surface area (TPSA) is 46.4 Å². The van der Waals surface area contributed by atoms with E-state index in [1.165, 1.54) is 0 Å². The zero-order valence-corrected chi connectivity index (χ0v) is 13.3. The van der Waals surface area contributed by atoms with Gasteiger partial charge in [-0.25, -0.2) is 8.42 Å². The van der Waals surface area contributed by atoms with E-state index >= 15 is 0 Å². The number of nitrogens with zero attached hydrogens (tertiary/aromatic N) is 1. The quantitative estimate of drug-likeness (QED) is 0.487. The monoisotopic (exact) mass is 296 g/mol. The molecule has 1 fully saturated rings. The van der Waals surface area contributed by atoms with Gasteiger partial charge in [0.2, 0.25) is 11.8 Å². The van der Waals surface area contributed by atoms with Crippen LogP contribution in [0.15, 0.2) is 29.2 Å². The number of hydrogen-bond acceptors (Lipinski definition) is 3. The van der Waals surface area contributed by atoms with Crippen LogP contribution in [0.1, 0.15) is 39.2 Å². The van der Waals surface area contributed by atoms with E-state index in [1.807, 2.05) is 39.1 Å². The SMILES string of the molecule is CO/[N+](=C\c1ccc(S(=O)(=O)C2CC2)cc1)C(C)(C)C. The van der Waals surface area contributed by atoms with Crippen LogP contribution in [-0.2, 0) is 14.7 Å². The fraction of sp³-hybridized carbons (Fsp3) is 0.533. The van der Waals surface area contributed by atoms with Gasteiger partial charge in [0.15, 0.2) is 9.84 Å². The van der Waals surface area contributed by atoms with E-state index < -0.39 is 9.84 Å². The van der Waals surface area contributed by atoms with E-state index in [4.69, 9.17) is 4.84 Å². The molecular weight excluding hydrogens is 274 g/mol. The van der Waals surface area contributed by atoms with Crippen LogP contribution in [0.2, 0.25) is 0 Å². The zero-order valence-electron chi connectivity index (χ0n) is 12.5. The number of hydroxylamine groups is 1. The highest BCUT2D eigenvalue weighted by atomic mass is 32.2. The van der Waals surface area contributed by atoms with Crippen molar-refractivity contribution < 1.29 is 18.0 Å². The Bertz CT molecular complexity index is 606. The highest BCUT2D eigenvalue weighted by Gasteiger charge is 2.36. The summed E-state index contributed by atoms with van der Waals surface area (Å²) in [5.74, 6) is 0. The van der Waals surface area contributed by atoms with Crippen molar-refractivity contribution in [1.82, 2.24) is 0 Å². The Labute approximate surface area is 121 Å². The summed E-state index contributed by atoms with van der Waals surface area (Å²) in [6, 6.07) is 6.98. The Morgan fingerprint density at radius 2 is 1.75 bits per heavy atom. The maximum absolute atomic E-state index is 12.1. The molecule has 4 nitrogen and oxygen atoms in total. The van der Waals surface area contributed by atoms with Crippen molar-refractivity contribution in [2.45, 2.75) is 49.3 Å². The van der Waals surface area contributed by atoms with E-state index in [0.29, 0.717) is 4.90 Å². The molecule has 1 saturated carbocycles. The van der Waals surface area contributed by atoms with Crippen LogP contribution in [0, 0.1) is 0 Å². The minimum absolute atomic E-state index is 0.159. The predicted octanol–water partition coefficient (Wildman–Crippen LogP) is 2.41. The van der Waals surface area contributed by atoms with Gasteiger partial charge in [0, 0.05) is 26.3 Å². The Balaban J connectivity index is 2.27. The van der Waals surface area contributed by atoms with Gasteiger partial charge in [-0.15, -0.1) is 0 Å². The number of sulfone groups is 1. The van der Waals surface area contributed by atoms with Gasteiger partial charge in [0.25, 0.3) is 0 Å². The number of benzene rings is 1. The van der Waals surface area contributed by atoms with Gasteiger partial charge < -0.3 is 0 Å². The maximum Gasteiger partial charge on any atom is 0.223 e. The molecule has 0 radical (unpaired) electrons. The zero-order chi connectivity index (χ0) is 15.0. The minimum Gasteiger partial charge on any atom is -0.280 e. The molecule has 1 aromatic carbocycles. The second-order valence-corrected chi connectivity index (χ2v) is 8.35. The molecule has 0 unspecified atom stereocenters. The van der Waals surface area contributed by atoms with Gasteiger partial charge in [0.1, 0.15) is 7.11 Å². The van der Waals surface area contributed by atoms with Gasteiger partial charge in [0.05, 0.1) is 10.1 Å². The van der Waals surface area contributed by atoms with Gasteiger partial charge in [-0.1, -0.05) is 0 Å². The van der Waals surface area contributed by atoms with Crippen LogP contribution in [0.25, 0.3) is 0 Å². The molecule has 0 heterocycles. The molecule has 0 N–H and O–H groups in total. The fourth-order valence-electron chi connectivity index (χ4n) is 1.97. The third-order valence-corrected chi connectivity index (χ3v) is 5.57. The highest BCUT2D eigenvalue weighted by molar-refractivity contribution is 7.92. The van der Waals surface area contributed by atoms with E-state index in [1.54, 1.807) is 24.0 Å². The Morgan fingerprint density at radius 3 is 2.15 bits per heavy atom. The largest absolute Gasteiger partial charge is 0.280 e. The van der Waals surface area contributed by atoms with Crippen molar-refractivity contribution in [1.29, 1.82) is 0 Å². The molecule has 5 heteroatoms. The Hall–Kier alpha value is -1.36. The highest BCUT2D eigenvalue weighted by Crippen LogP contribution is 2.33. The first-order chi connectivity index (χ1) is 9.25. The molecular formula is C15H22NO3S+. The lowest BCUT2D eigenvalue weighted by Crippen LogP contribution is -2.33. The van der Waals surface area contributed by atoms with Crippen molar-refractivity contribution in [2.24, 2.45) is 0 Å². The lowest BCUT2D eigenvalue weighted by Gasteiger charge is -2.13. The summed E-state index contributed by atoms with van der Waals surface area (Å²) in [6.45, 7) is 6.12. The third kappa shape index (κ3) is 3.20. The van der Waals surface area contributed by atoms with Crippen LogP contribution >= 0.6 is 0 Å². The minimum atomic E-state index is -3.10. The second-order valence-electron chi connectivity index (χ2n) is 6.12. The summed E-state index contributed by atoms with van der Waals surface area (Å²) >= 11 is 0. The molecule has 1 aromatic rings. The van der Waals surface area contributed by atoms with E-state index in [0.717, 1.165) is 18.4 Å². The first-order valence-electron chi connectivity index (χ1n) is 6.77. The van der Waals surface area contributed by atoms with E-state index in [-0.39, 0.29) is 10.8 Å². The first-order valence-corrected chi connectivity index (χ1v) is 8.32. The van der Waals surface area contributed by atoms with Crippen LogP contribution in [-0.4, -0.2) is 37.3 Å². The summed E-state index contributed by atoms with van der Waals surface area (Å²) in [7, 11) is -1.49. The van der Waals surface area contributed by atoms with Crippen molar-refractivity contribution in [3.8, 4) is 0 Å². The van der Waals surface area contributed by atoms with Crippen LogP contribution in [0.5, 0.6) is 0 Å². The van der Waals surface area contributed by atoms with Crippen molar-refractivity contribution >= 4 is 16.1 Å². The van der Waals surface area contributed by atoms with Crippen LogP contribution in [0.3, 0.4) is 0 Å². The van der Waals surface area contributed by atoms with Crippen molar-refractivity contribution in [3.05, 3.63) is 29.8 Å². The Morgan fingerprint density at radius 1 is 1.20 bits per heavy atom. The summed E-state index contributed by atoms with van der Waals surface area (Å²) in [6.07, 6.45) is 3.45. The molecule has 0 saturated heterocycles. The van der Waals surface area contributed by atoms with Gasteiger partial charge in [-0.2, -0.15) is 0 Å². The molecule has 2 rings (SSSR count). The maximum atomic E-state index is 12.1. The third-order valence-electron chi connectivity index (χ3n) is 3.30. The normalized spacial score (nSPS) is 17.1. The van der Waals surface area contributed by atoms with Crippen LogP contribution < -0.4 is 0 Å². The van der Waals surface area contributed by atoms with Gasteiger partial charge >= 0.3 is 0 Å². The average molecular weight is 296 g/mol. The van der Waals surface area contributed by atoms with Crippen molar-refractivity contribution in [3.63, 3.8) is 0 Å². The molecule has 0 atom stereocenters. The second kappa shape index (κ2) is 5.20. The van der Waals surface area contributed by atoms with Crippen LogP contribution in [0.4, 0.5) is 0 Å². The Kier molecular flexibility index (Phi) is 3.91. The number of rotatable bonds is 4. The summed E-state index contributed by atoms with van der Waals surface area (Å²) in [5, 5.41) is -0.164. The summed E-state index contributed by atoms with van der Waals surface area (Å²) < 4.78 is 25.9. The first kappa shape index (κ1) is 15.0. The number of hydrogen-bond donors (Lipinski definition) is 0. The van der Waals surface area contributed by atoms with E-state index in [9.17, 15) is 8.42 Å². The fourth-order valence-corrected chi connectivity index (χ4v) is 3.63. The molecule has 110 valence electrons. The van der Waals surface area contributed by atoms with Gasteiger partial charge in [-0.05, 0) is 41.8 Å². The summed E-state index contributed by atoms with van der Waals surface area (Å²) in [5.41, 5.74) is 0.754.